The molecule has 20 heavy (non-hydrogen) atoms. The van der Waals surface area contributed by atoms with E-state index in [0.29, 0.717) is 0 Å². The summed E-state index contributed by atoms with van der Waals surface area (Å²) in [6.45, 7) is 2.62. The maximum Gasteiger partial charge on any atom is 0.328 e. The second-order valence-electron chi connectivity index (χ2n) is 4.83. The summed E-state index contributed by atoms with van der Waals surface area (Å²) >= 11 is 0. The molecule has 1 aromatic rings. The SMILES string of the molecule is CN(C)S(=O)(=O)c1cc(C(=O)NC(C)(C)C(=O)O)co1. The van der Waals surface area contributed by atoms with E-state index in [1.165, 1.54) is 27.9 Å². The number of carboxylic acid groups (broad SMARTS) is 1. The van der Waals surface area contributed by atoms with Crippen molar-refractivity contribution < 1.29 is 27.5 Å². The first-order valence-corrected chi connectivity index (χ1v) is 6.99. The molecule has 0 saturated heterocycles. The first-order chi connectivity index (χ1) is 8.98. The molecule has 1 rings (SSSR count). The van der Waals surface area contributed by atoms with Crippen molar-refractivity contribution in [2.75, 3.05) is 14.1 Å². The maximum absolute atomic E-state index is 11.8. The molecule has 1 amide bonds. The van der Waals surface area contributed by atoms with Gasteiger partial charge in [-0.1, -0.05) is 0 Å². The fraction of sp³-hybridized carbons (Fsp3) is 0.455. The molecule has 0 fully saturated rings. The van der Waals surface area contributed by atoms with Gasteiger partial charge in [-0.3, -0.25) is 4.79 Å². The number of hydrogen-bond donors (Lipinski definition) is 2. The molecule has 0 saturated carbocycles. The number of carbonyl (C=O) groups excluding carboxylic acids is 1. The van der Waals surface area contributed by atoms with E-state index >= 15 is 0 Å². The molecule has 0 aliphatic rings. The smallest absolute Gasteiger partial charge is 0.328 e. The third-order valence-corrected chi connectivity index (χ3v) is 4.22. The van der Waals surface area contributed by atoms with Gasteiger partial charge in [0.2, 0.25) is 5.09 Å². The van der Waals surface area contributed by atoms with Crippen molar-refractivity contribution in [1.82, 2.24) is 9.62 Å². The van der Waals surface area contributed by atoms with Crippen molar-refractivity contribution in [2.24, 2.45) is 0 Å². The monoisotopic (exact) mass is 304 g/mol. The predicted octanol–water partition coefficient (Wildman–Crippen LogP) is 0.123. The van der Waals surface area contributed by atoms with Crippen molar-refractivity contribution in [3.63, 3.8) is 0 Å². The van der Waals surface area contributed by atoms with Gasteiger partial charge >= 0.3 is 5.97 Å². The molecule has 8 nitrogen and oxygen atoms in total. The standard InChI is InChI=1S/C11H16N2O6S/c1-11(2,10(15)16)12-9(14)7-5-8(19-6-7)20(17,18)13(3)4/h5-6H,1-4H3,(H,12,14)(H,15,16). The van der Waals surface area contributed by atoms with Gasteiger partial charge in [0.15, 0.2) is 0 Å². The minimum Gasteiger partial charge on any atom is -0.480 e. The van der Waals surface area contributed by atoms with E-state index in [9.17, 15) is 18.0 Å². The second kappa shape index (κ2) is 5.25. The summed E-state index contributed by atoms with van der Waals surface area (Å²) in [5.41, 5.74) is -1.55. The van der Waals surface area contributed by atoms with E-state index in [4.69, 9.17) is 9.52 Å². The highest BCUT2D eigenvalue weighted by Gasteiger charge is 2.31. The molecule has 0 bridgehead atoms. The summed E-state index contributed by atoms with van der Waals surface area (Å²) in [6, 6.07) is 1.04. The number of carbonyl (C=O) groups is 2. The zero-order valence-electron chi connectivity index (χ0n) is 11.5. The van der Waals surface area contributed by atoms with Crippen LogP contribution in [-0.2, 0) is 14.8 Å². The lowest BCUT2D eigenvalue weighted by molar-refractivity contribution is -0.143. The van der Waals surface area contributed by atoms with E-state index in [1.807, 2.05) is 0 Å². The van der Waals surface area contributed by atoms with Crippen LogP contribution in [-0.4, -0.2) is 49.3 Å². The van der Waals surface area contributed by atoms with Gasteiger partial charge in [0.05, 0.1) is 5.56 Å². The summed E-state index contributed by atoms with van der Waals surface area (Å²) in [5, 5.41) is 10.8. The average molecular weight is 304 g/mol. The quantitative estimate of drug-likeness (QED) is 0.798. The summed E-state index contributed by atoms with van der Waals surface area (Å²) in [4.78, 5) is 22.7. The Hall–Kier alpha value is -1.87. The van der Waals surface area contributed by atoms with Gasteiger partial charge in [0.25, 0.3) is 15.9 Å². The molecule has 0 spiro atoms. The lowest BCUT2D eigenvalue weighted by atomic mass is 10.1. The van der Waals surface area contributed by atoms with Crippen LogP contribution in [0.15, 0.2) is 21.8 Å². The zero-order valence-corrected chi connectivity index (χ0v) is 12.3. The molecule has 112 valence electrons. The van der Waals surface area contributed by atoms with Crippen molar-refractivity contribution >= 4 is 21.9 Å². The van der Waals surface area contributed by atoms with E-state index in [0.717, 1.165) is 16.6 Å². The third-order valence-electron chi connectivity index (χ3n) is 2.53. The Morgan fingerprint density at radius 3 is 2.35 bits per heavy atom. The topological polar surface area (TPSA) is 117 Å². The lowest BCUT2D eigenvalue weighted by Gasteiger charge is -2.20. The van der Waals surface area contributed by atoms with Crippen LogP contribution in [0.2, 0.25) is 0 Å². The molecular formula is C11H16N2O6S. The Morgan fingerprint density at radius 2 is 1.90 bits per heavy atom. The average Bonchev–Trinajstić information content (AvgIpc) is 2.77. The zero-order chi connectivity index (χ0) is 15.7. The van der Waals surface area contributed by atoms with Crippen LogP contribution in [0.5, 0.6) is 0 Å². The normalized spacial score (nSPS) is 12.4. The molecule has 9 heteroatoms. The highest BCUT2D eigenvalue weighted by molar-refractivity contribution is 7.88. The Balaban J connectivity index is 2.99. The fourth-order valence-electron chi connectivity index (χ4n) is 1.16. The third kappa shape index (κ3) is 3.17. The number of rotatable bonds is 5. The van der Waals surface area contributed by atoms with Gasteiger partial charge < -0.3 is 14.8 Å². The van der Waals surface area contributed by atoms with Crippen LogP contribution in [0.1, 0.15) is 24.2 Å². The van der Waals surface area contributed by atoms with Crippen LogP contribution in [0.3, 0.4) is 0 Å². The molecule has 0 aliphatic carbocycles. The van der Waals surface area contributed by atoms with Crippen LogP contribution < -0.4 is 5.32 Å². The molecule has 0 radical (unpaired) electrons. The Bertz CT molecular complexity index is 629. The fourth-order valence-corrected chi connectivity index (χ4v) is 1.97. The number of hydrogen-bond acceptors (Lipinski definition) is 5. The van der Waals surface area contributed by atoms with Crippen molar-refractivity contribution in [3.05, 3.63) is 17.9 Å². The number of furan rings is 1. The largest absolute Gasteiger partial charge is 0.480 e. The number of carboxylic acids is 1. The van der Waals surface area contributed by atoms with E-state index in [1.54, 1.807) is 0 Å². The Kier molecular flexibility index (Phi) is 4.25. The molecule has 0 unspecified atom stereocenters. The van der Waals surface area contributed by atoms with Gasteiger partial charge in [0, 0.05) is 20.2 Å². The van der Waals surface area contributed by atoms with Gasteiger partial charge in [0.1, 0.15) is 11.8 Å². The number of aliphatic carboxylic acids is 1. The predicted molar refractivity (Wildman–Crippen MR) is 68.8 cm³/mol. The van der Waals surface area contributed by atoms with Crippen molar-refractivity contribution in [2.45, 2.75) is 24.5 Å². The van der Waals surface area contributed by atoms with Gasteiger partial charge in [-0.2, -0.15) is 0 Å². The Morgan fingerprint density at radius 1 is 1.35 bits per heavy atom. The van der Waals surface area contributed by atoms with Crippen LogP contribution >= 0.6 is 0 Å². The van der Waals surface area contributed by atoms with Gasteiger partial charge in [-0.25, -0.2) is 17.5 Å². The molecule has 1 heterocycles. The van der Waals surface area contributed by atoms with Crippen LogP contribution in [0.4, 0.5) is 0 Å². The van der Waals surface area contributed by atoms with E-state index in [-0.39, 0.29) is 10.7 Å². The van der Waals surface area contributed by atoms with Crippen LogP contribution in [0, 0.1) is 0 Å². The maximum atomic E-state index is 11.8. The van der Waals surface area contributed by atoms with Gasteiger partial charge in [-0.15, -0.1) is 0 Å². The van der Waals surface area contributed by atoms with Crippen molar-refractivity contribution in [1.29, 1.82) is 0 Å². The number of amides is 1. The minimum absolute atomic E-state index is 0.0697. The molecule has 0 aromatic carbocycles. The van der Waals surface area contributed by atoms with Crippen LogP contribution in [0.25, 0.3) is 0 Å². The molecule has 0 aliphatic heterocycles. The van der Waals surface area contributed by atoms with Gasteiger partial charge in [-0.05, 0) is 13.8 Å². The Labute approximate surface area is 116 Å². The highest BCUT2D eigenvalue weighted by Crippen LogP contribution is 2.17. The van der Waals surface area contributed by atoms with E-state index in [2.05, 4.69) is 5.32 Å². The lowest BCUT2D eigenvalue weighted by Crippen LogP contribution is -2.49. The molecule has 1 aromatic heterocycles. The number of nitrogens with zero attached hydrogens (tertiary/aromatic N) is 1. The first kappa shape index (κ1) is 16.2. The van der Waals surface area contributed by atoms with Crippen molar-refractivity contribution in [3.8, 4) is 0 Å². The summed E-state index contributed by atoms with van der Waals surface area (Å²) < 4.78 is 29.3. The minimum atomic E-state index is -3.78. The number of sulfonamides is 1. The molecule has 0 atom stereocenters. The summed E-state index contributed by atoms with van der Waals surface area (Å²) in [5.74, 6) is -1.95. The molecule has 2 N–H and O–H groups in total. The highest BCUT2D eigenvalue weighted by atomic mass is 32.2. The summed E-state index contributed by atoms with van der Waals surface area (Å²) in [6.07, 6.45) is 0.962. The molecular weight excluding hydrogens is 288 g/mol. The van der Waals surface area contributed by atoms with E-state index < -0.39 is 27.4 Å². The second-order valence-corrected chi connectivity index (χ2v) is 6.91. The first-order valence-electron chi connectivity index (χ1n) is 5.55. The summed E-state index contributed by atoms with van der Waals surface area (Å²) in [7, 11) is -1.13. The number of nitrogens with one attached hydrogen (secondary N) is 1.